The highest BCUT2D eigenvalue weighted by Crippen LogP contribution is 2.23. The molecule has 1 saturated heterocycles. The summed E-state index contributed by atoms with van der Waals surface area (Å²) in [7, 11) is 0. The molecule has 4 rings (SSSR count). The second kappa shape index (κ2) is 10.6. The van der Waals surface area contributed by atoms with Gasteiger partial charge in [-0.3, -0.25) is 19.7 Å². The molecule has 1 fully saturated rings. The lowest BCUT2D eigenvalue weighted by Gasteiger charge is -2.31. The SMILES string of the molecule is O=C(Nc1ccc(OCc2ccccc2)cc1)C1CCN(C(=O)c2ccc([N+](=O)[O-])cc2)CC1. The van der Waals surface area contributed by atoms with Gasteiger partial charge in [-0.2, -0.15) is 0 Å². The average molecular weight is 460 g/mol. The van der Waals surface area contributed by atoms with Gasteiger partial charge in [0.15, 0.2) is 0 Å². The van der Waals surface area contributed by atoms with E-state index >= 15 is 0 Å². The average Bonchev–Trinajstić information content (AvgIpc) is 2.88. The number of nitro groups is 1. The van der Waals surface area contributed by atoms with Crippen LogP contribution in [0.15, 0.2) is 78.9 Å². The van der Waals surface area contributed by atoms with Gasteiger partial charge >= 0.3 is 0 Å². The van der Waals surface area contributed by atoms with Crippen LogP contribution in [0.3, 0.4) is 0 Å². The minimum absolute atomic E-state index is 0.0530. The van der Waals surface area contributed by atoms with Gasteiger partial charge in [0.25, 0.3) is 11.6 Å². The summed E-state index contributed by atoms with van der Waals surface area (Å²) in [6, 6.07) is 22.7. The monoisotopic (exact) mass is 459 g/mol. The number of ether oxygens (including phenoxy) is 1. The molecule has 34 heavy (non-hydrogen) atoms. The van der Waals surface area contributed by atoms with Crippen LogP contribution in [-0.2, 0) is 11.4 Å². The first-order valence-corrected chi connectivity index (χ1v) is 11.1. The van der Waals surface area contributed by atoms with E-state index in [4.69, 9.17) is 4.74 Å². The molecular formula is C26H25N3O5. The number of carbonyl (C=O) groups excluding carboxylic acids is 2. The third-order valence-corrected chi connectivity index (χ3v) is 5.85. The Kier molecular flexibility index (Phi) is 7.17. The maximum absolute atomic E-state index is 12.7. The Morgan fingerprint density at radius 1 is 0.941 bits per heavy atom. The molecule has 3 aromatic rings. The molecule has 8 heteroatoms. The Balaban J connectivity index is 1.24. The fourth-order valence-corrected chi connectivity index (χ4v) is 3.87. The molecule has 0 radical (unpaired) electrons. The second-order valence-corrected chi connectivity index (χ2v) is 8.16. The van der Waals surface area contributed by atoms with Crippen LogP contribution in [0.2, 0.25) is 0 Å². The molecule has 8 nitrogen and oxygen atoms in total. The zero-order chi connectivity index (χ0) is 23.9. The predicted octanol–water partition coefficient (Wildman–Crippen LogP) is 4.66. The number of nitro benzene ring substituents is 1. The summed E-state index contributed by atoms with van der Waals surface area (Å²) < 4.78 is 5.77. The maximum Gasteiger partial charge on any atom is 0.269 e. The van der Waals surface area contributed by atoms with E-state index in [1.54, 1.807) is 4.90 Å². The highest BCUT2D eigenvalue weighted by Gasteiger charge is 2.28. The summed E-state index contributed by atoms with van der Waals surface area (Å²) in [5, 5.41) is 13.7. The normalized spacial score (nSPS) is 13.8. The Bertz CT molecular complexity index is 1140. The standard InChI is InChI=1S/C26H25N3O5/c30-25(27-22-8-12-24(13-9-22)34-18-19-4-2-1-3-5-19)20-14-16-28(17-15-20)26(31)21-6-10-23(11-7-21)29(32)33/h1-13,20H,14-18H2,(H,27,30). The van der Waals surface area contributed by atoms with Gasteiger partial charge in [0.2, 0.25) is 5.91 Å². The van der Waals surface area contributed by atoms with Gasteiger partial charge in [0, 0.05) is 42.4 Å². The summed E-state index contributed by atoms with van der Waals surface area (Å²) in [6.45, 7) is 1.39. The fourth-order valence-electron chi connectivity index (χ4n) is 3.87. The van der Waals surface area contributed by atoms with E-state index in [1.807, 2.05) is 54.6 Å². The number of benzene rings is 3. The summed E-state index contributed by atoms with van der Waals surface area (Å²) in [5.41, 5.74) is 2.13. The molecule has 1 aliphatic rings. The third kappa shape index (κ3) is 5.78. The number of likely N-dealkylation sites (tertiary alicyclic amines) is 1. The van der Waals surface area contributed by atoms with Crippen molar-refractivity contribution < 1.29 is 19.2 Å². The Hall–Kier alpha value is -4.20. The molecule has 0 aromatic heterocycles. The van der Waals surface area contributed by atoms with Crippen LogP contribution >= 0.6 is 0 Å². The molecule has 1 N–H and O–H groups in total. The quantitative estimate of drug-likeness (QED) is 0.409. The lowest BCUT2D eigenvalue weighted by molar-refractivity contribution is -0.384. The second-order valence-electron chi connectivity index (χ2n) is 8.16. The van der Waals surface area contributed by atoms with Crippen molar-refractivity contribution in [1.82, 2.24) is 4.90 Å². The first-order chi connectivity index (χ1) is 16.5. The number of nitrogens with one attached hydrogen (secondary N) is 1. The van der Waals surface area contributed by atoms with Gasteiger partial charge < -0.3 is 15.0 Å². The van der Waals surface area contributed by atoms with Crippen LogP contribution in [0.25, 0.3) is 0 Å². The van der Waals surface area contributed by atoms with Gasteiger partial charge in [-0.15, -0.1) is 0 Å². The van der Waals surface area contributed by atoms with Crippen LogP contribution in [-0.4, -0.2) is 34.7 Å². The van der Waals surface area contributed by atoms with Crippen LogP contribution in [0.5, 0.6) is 5.75 Å². The van der Waals surface area contributed by atoms with Crippen LogP contribution in [0.1, 0.15) is 28.8 Å². The highest BCUT2D eigenvalue weighted by atomic mass is 16.6. The molecule has 0 bridgehead atoms. The first-order valence-electron chi connectivity index (χ1n) is 11.1. The number of carbonyl (C=O) groups is 2. The van der Waals surface area contributed by atoms with E-state index in [9.17, 15) is 19.7 Å². The lowest BCUT2D eigenvalue weighted by atomic mass is 9.95. The molecule has 174 valence electrons. The topological polar surface area (TPSA) is 102 Å². The number of amides is 2. The first kappa shape index (κ1) is 23.0. The minimum Gasteiger partial charge on any atom is -0.489 e. The van der Waals surface area contributed by atoms with Crippen LogP contribution in [0, 0.1) is 16.0 Å². The number of non-ortho nitro benzene ring substituents is 1. The van der Waals surface area contributed by atoms with Gasteiger partial charge in [0.1, 0.15) is 12.4 Å². The number of nitrogens with zero attached hydrogens (tertiary/aromatic N) is 2. The zero-order valence-corrected chi connectivity index (χ0v) is 18.6. The summed E-state index contributed by atoms with van der Waals surface area (Å²) >= 11 is 0. The van der Waals surface area contributed by atoms with Gasteiger partial charge in [-0.05, 0) is 54.8 Å². The van der Waals surface area contributed by atoms with E-state index in [-0.39, 0.29) is 23.4 Å². The molecule has 0 spiro atoms. The van der Waals surface area contributed by atoms with Crippen LogP contribution in [0.4, 0.5) is 11.4 Å². The summed E-state index contributed by atoms with van der Waals surface area (Å²) in [4.78, 5) is 37.3. The van der Waals surface area contributed by atoms with Crippen molar-refractivity contribution in [2.45, 2.75) is 19.4 Å². The number of hydrogen-bond acceptors (Lipinski definition) is 5. The van der Waals surface area contributed by atoms with E-state index in [0.717, 1.165) is 11.3 Å². The lowest BCUT2D eigenvalue weighted by Crippen LogP contribution is -2.41. The van der Waals surface area contributed by atoms with Crippen molar-refractivity contribution in [3.05, 3.63) is 100 Å². The van der Waals surface area contributed by atoms with Crippen molar-refractivity contribution in [1.29, 1.82) is 0 Å². The van der Waals surface area contributed by atoms with E-state index in [0.29, 0.717) is 43.8 Å². The van der Waals surface area contributed by atoms with Crippen molar-refractivity contribution >= 4 is 23.2 Å². The molecule has 0 aliphatic carbocycles. The third-order valence-electron chi connectivity index (χ3n) is 5.85. The van der Waals surface area contributed by atoms with Gasteiger partial charge in [0.05, 0.1) is 4.92 Å². The van der Waals surface area contributed by atoms with E-state index < -0.39 is 4.92 Å². The molecule has 0 atom stereocenters. The van der Waals surface area contributed by atoms with Gasteiger partial charge in [-0.25, -0.2) is 0 Å². The van der Waals surface area contributed by atoms with Gasteiger partial charge in [-0.1, -0.05) is 30.3 Å². The van der Waals surface area contributed by atoms with Crippen molar-refractivity contribution in [2.75, 3.05) is 18.4 Å². The molecule has 1 aliphatic heterocycles. The fraction of sp³-hybridized carbons (Fsp3) is 0.231. The van der Waals surface area contributed by atoms with E-state index in [2.05, 4.69) is 5.32 Å². The van der Waals surface area contributed by atoms with E-state index in [1.165, 1.54) is 24.3 Å². The number of hydrogen-bond donors (Lipinski definition) is 1. The number of anilines is 1. The van der Waals surface area contributed by atoms with Crippen molar-refractivity contribution in [3.8, 4) is 5.75 Å². The minimum atomic E-state index is -0.496. The number of piperidine rings is 1. The molecule has 2 amide bonds. The Labute approximate surface area is 197 Å². The number of rotatable bonds is 7. The molecular weight excluding hydrogens is 434 g/mol. The predicted molar refractivity (Wildman–Crippen MR) is 128 cm³/mol. The zero-order valence-electron chi connectivity index (χ0n) is 18.6. The van der Waals surface area contributed by atoms with Crippen LogP contribution < -0.4 is 10.1 Å². The maximum atomic E-state index is 12.7. The molecule has 1 heterocycles. The summed E-state index contributed by atoms with van der Waals surface area (Å²) in [6.07, 6.45) is 1.12. The van der Waals surface area contributed by atoms with Crippen molar-refractivity contribution in [2.24, 2.45) is 5.92 Å². The Morgan fingerprint density at radius 2 is 1.59 bits per heavy atom. The Morgan fingerprint density at radius 3 is 2.21 bits per heavy atom. The molecule has 0 unspecified atom stereocenters. The highest BCUT2D eigenvalue weighted by molar-refractivity contribution is 5.95. The summed E-state index contributed by atoms with van der Waals surface area (Å²) in [5.74, 6) is 0.287. The van der Waals surface area contributed by atoms with Crippen molar-refractivity contribution in [3.63, 3.8) is 0 Å². The molecule has 0 saturated carbocycles. The smallest absolute Gasteiger partial charge is 0.269 e. The largest absolute Gasteiger partial charge is 0.489 e. The molecule has 3 aromatic carbocycles.